The summed E-state index contributed by atoms with van der Waals surface area (Å²) in [5.41, 5.74) is 23.4. The van der Waals surface area contributed by atoms with Crippen molar-refractivity contribution < 1.29 is 8.83 Å². The molecule has 2 aliphatic carbocycles. The molecule has 14 rings (SSSR count). The van der Waals surface area contributed by atoms with Crippen molar-refractivity contribution >= 4 is 78.0 Å². The molecular formula is C65H46N2O2. The van der Waals surface area contributed by atoms with Gasteiger partial charge in [0.15, 0.2) is 5.58 Å². The highest BCUT2D eigenvalue weighted by Gasteiger charge is 2.54. The fourth-order valence-corrected chi connectivity index (χ4v) is 12.1. The molecule has 2 aliphatic rings. The molecule has 0 bridgehead atoms. The molecule has 0 amide bonds. The lowest BCUT2D eigenvalue weighted by Gasteiger charge is -2.34. The summed E-state index contributed by atoms with van der Waals surface area (Å²) in [6.45, 7) is 8.80. The monoisotopic (exact) mass is 886 g/mol. The second kappa shape index (κ2) is 14.7. The molecule has 2 heterocycles. The number of fused-ring (bicyclic) bond motifs is 18. The van der Waals surface area contributed by atoms with E-state index in [0.717, 1.165) is 89.1 Å². The van der Waals surface area contributed by atoms with Gasteiger partial charge in [-0.05, 0) is 144 Å². The molecule has 10 aromatic carbocycles. The van der Waals surface area contributed by atoms with Gasteiger partial charge in [0.1, 0.15) is 16.7 Å². The quantitative estimate of drug-likeness (QED) is 0.167. The minimum absolute atomic E-state index is 0.769. The predicted octanol–water partition coefficient (Wildman–Crippen LogP) is 18.0. The van der Waals surface area contributed by atoms with E-state index in [1.54, 1.807) is 0 Å². The van der Waals surface area contributed by atoms with Crippen LogP contribution in [0.3, 0.4) is 0 Å². The molecule has 0 N–H and O–H groups in total. The normalized spacial score (nSPS) is 13.0. The molecule has 4 nitrogen and oxygen atoms in total. The van der Waals surface area contributed by atoms with Crippen LogP contribution in [0.5, 0.6) is 0 Å². The van der Waals surface area contributed by atoms with Crippen molar-refractivity contribution in [2.24, 2.45) is 0 Å². The Morgan fingerprint density at radius 2 is 0.797 bits per heavy atom. The standard InChI is InChI=1S/C65H46N2O2/c1-39-31-33-41(3)53(35-39)66(43-19-7-5-8-20-43)55-37-52-62(64-59(55)47-25-13-17-29-57(47)69-64)61-51(65(52)49-27-15-11-23-45(49)46-24-12-16-28-50(46)65)38-56(63-60(61)48-26-14-18-30-58(48)68-63)67(44-21-9-6-10-22-44)54-36-40(2)32-34-42(54)4/h5-38H,1-4H3. The number of furan rings is 2. The first-order valence-corrected chi connectivity index (χ1v) is 23.9. The van der Waals surface area contributed by atoms with Crippen LogP contribution in [0.2, 0.25) is 0 Å². The van der Waals surface area contributed by atoms with Crippen molar-refractivity contribution in [3.05, 3.63) is 251 Å². The Morgan fingerprint density at radius 1 is 0.348 bits per heavy atom. The summed E-state index contributed by atoms with van der Waals surface area (Å²) in [7, 11) is 0. The van der Waals surface area contributed by atoms with Crippen molar-refractivity contribution in [3.8, 4) is 22.3 Å². The molecule has 0 fully saturated rings. The number of hydrogen-bond donors (Lipinski definition) is 0. The van der Waals surface area contributed by atoms with E-state index in [9.17, 15) is 0 Å². The van der Waals surface area contributed by atoms with Crippen LogP contribution in [-0.4, -0.2) is 0 Å². The summed E-state index contributed by atoms with van der Waals surface area (Å²) < 4.78 is 14.8. The molecule has 1 spiro atoms. The number of hydrogen-bond acceptors (Lipinski definition) is 4. The molecule has 69 heavy (non-hydrogen) atoms. The maximum Gasteiger partial charge on any atom is 0.160 e. The van der Waals surface area contributed by atoms with E-state index < -0.39 is 5.41 Å². The van der Waals surface area contributed by atoms with Gasteiger partial charge in [0.05, 0.1) is 22.2 Å². The summed E-state index contributed by atoms with van der Waals surface area (Å²) >= 11 is 0. The average Bonchev–Trinajstić information content (AvgIpc) is 4.13. The molecule has 4 heteroatoms. The van der Waals surface area contributed by atoms with Crippen LogP contribution >= 0.6 is 0 Å². The van der Waals surface area contributed by atoms with E-state index in [-0.39, 0.29) is 0 Å². The molecule has 0 saturated carbocycles. The van der Waals surface area contributed by atoms with Crippen LogP contribution in [0, 0.1) is 27.7 Å². The Morgan fingerprint density at radius 3 is 1.38 bits per heavy atom. The Balaban J connectivity index is 1.23. The summed E-state index contributed by atoms with van der Waals surface area (Å²) in [5, 5.41) is 4.29. The third-order valence-electron chi connectivity index (χ3n) is 15.0. The fourth-order valence-electron chi connectivity index (χ4n) is 12.1. The van der Waals surface area contributed by atoms with Crippen molar-refractivity contribution in [1.82, 2.24) is 0 Å². The van der Waals surface area contributed by atoms with Crippen molar-refractivity contribution in [3.63, 3.8) is 0 Å². The Hall–Kier alpha value is -8.60. The van der Waals surface area contributed by atoms with Gasteiger partial charge < -0.3 is 18.6 Å². The van der Waals surface area contributed by atoms with Gasteiger partial charge in [0.25, 0.3) is 0 Å². The van der Waals surface area contributed by atoms with Gasteiger partial charge in [-0.3, -0.25) is 0 Å². The zero-order valence-electron chi connectivity index (χ0n) is 38.8. The lowest BCUT2D eigenvalue weighted by atomic mass is 9.70. The maximum absolute atomic E-state index is 7.46. The average molecular weight is 887 g/mol. The number of aryl methyl sites for hydroxylation is 4. The maximum atomic E-state index is 7.46. The zero-order chi connectivity index (χ0) is 46.1. The van der Waals surface area contributed by atoms with Crippen LogP contribution in [0.15, 0.2) is 215 Å². The van der Waals surface area contributed by atoms with Crippen molar-refractivity contribution in [2.45, 2.75) is 33.1 Å². The fraction of sp³-hybridized carbons (Fsp3) is 0.0769. The molecule has 0 atom stereocenters. The topological polar surface area (TPSA) is 32.8 Å². The zero-order valence-corrected chi connectivity index (χ0v) is 38.8. The number of nitrogens with zero attached hydrogens (tertiary/aromatic N) is 2. The van der Waals surface area contributed by atoms with E-state index in [0.29, 0.717) is 0 Å². The van der Waals surface area contributed by atoms with E-state index in [2.05, 4.69) is 244 Å². The molecular weight excluding hydrogens is 841 g/mol. The third kappa shape index (κ3) is 5.46. The summed E-state index contributed by atoms with van der Waals surface area (Å²) in [4.78, 5) is 4.90. The highest BCUT2D eigenvalue weighted by Crippen LogP contribution is 2.68. The number of para-hydroxylation sites is 4. The van der Waals surface area contributed by atoms with Crippen LogP contribution in [0.4, 0.5) is 34.1 Å². The second-order valence-corrected chi connectivity index (χ2v) is 19.0. The molecule has 12 aromatic rings. The van der Waals surface area contributed by atoms with Gasteiger partial charge in [0.2, 0.25) is 0 Å². The second-order valence-electron chi connectivity index (χ2n) is 19.0. The lowest BCUT2D eigenvalue weighted by molar-refractivity contribution is 0.668. The molecule has 2 aromatic heterocycles. The van der Waals surface area contributed by atoms with Gasteiger partial charge in [-0.15, -0.1) is 0 Å². The summed E-state index contributed by atoms with van der Waals surface area (Å²) in [5.74, 6) is 0. The number of rotatable bonds is 6. The van der Waals surface area contributed by atoms with E-state index in [1.807, 2.05) is 0 Å². The molecule has 0 radical (unpaired) electrons. The van der Waals surface area contributed by atoms with E-state index in [4.69, 9.17) is 8.83 Å². The first-order chi connectivity index (χ1) is 33.9. The van der Waals surface area contributed by atoms with Gasteiger partial charge in [-0.1, -0.05) is 146 Å². The SMILES string of the molecule is Cc1ccc(C)c(N(c2ccccc2)c2cc3c(c4c2oc2ccccc24)-c2c(cc(N(c4ccccc4)c4cc(C)ccc4C)c4c2oc2ccccc24)C32c3ccccc3-c3ccccc32)c1. The van der Waals surface area contributed by atoms with Gasteiger partial charge in [-0.2, -0.15) is 0 Å². The summed E-state index contributed by atoms with van der Waals surface area (Å²) in [6.07, 6.45) is 0. The van der Waals surface area contributed by atoms with E-state index >= 15 is 0 Å². The Bertz CT molecular complexity index is 4040. The first-order valence-electron chi connectivity index (χ1n) is 23.9. The first kappa shape index (κ1) is 39.6. The molecule has 328 valence electrons. The lowest BCUT2D eigenvalue weighted by Crippen LogP contribution is -2.26. The van der Waals surface area contributed by atoms with Crippen LogP contribution in [-0.2, 0) is 5.41 Å². The molecule has 0 unspecified atom stereocenters. The van der Waals surface area contributed by atoms with Gasteiger partial charge >= 0.3 is 0 Å². The van der Waals surface area contributed by atoms with E-state index in [1.165, 1.54) is 55.6 Å². The minimum atomic E-state index is -0.769. The van der Waals surface area contributed by atoms with Crippen LogP contribution < -0.4 is 9.80 Å². The molecule has 0 aliphatic heterocycles. The largest absolute Gasteiger partial charge is 0.455 e. The number of anilines is 6. The summed E-state index contributed by atoms with van der Waals surface area (Å²) in [6, 6.07) is 75.5. The third-order valence-corrected chi connectivity index (χ3v) is 15.0. The number of benzene rings is 10. The minimum Gasteiger partial charge on any atom is -0.455 e. The van der Waals surface area contributed by atoms with Gasteiger partial charge in [0, 0.05) is 50.0 Å². The molecule has 0 saturated heterocycles. The smallest absolute Gasteiger partial charge is 0.160 e. The predicted molar refractivity (Wildman–Crippen MR) is 286 cm³/mol. The highest BCUT2D eigenvalue weighted by molar-refractivity contribution is 6.26. The van der Waals surface area contributed by atoms with Crippen molar-refractivity contribution in [1.29, 1.82) is 0 Å². The van der Waals surface area contributed by atoms with Crippen molar-refractivity contribution in [2.75, 3.05) is 9.80 Å². The van der Waals surface area contributed by atoms with Crippen LogP contribution in [0.25, 0.3) is 66.1 Å². The Kier molecular flexibility index (Phi) is 8.43. The van der Waals surface area contributed by atoms with Gasteiger partial charge in [-0.25, -0.2) is 0 Å². The Labute approximate surface area is 400 Å². The highest BCUT2D eigenvalue weighted by atomic mass is 16.3. The van der Waals surface area contributed by atoms with Crippen LogP contribution in [0.1, 0.15) is 44.5 Å².